The number of nitrogens with zero attached hydrogens (tertiary/aromatic N) is 4. The molecule has 1 fully saturated rings. The summed E-state index contributed by atoms with van der Waals surface area (Å²) in [4.78, 5) is 14.8. The minimum atomic E-state index is -0.163. The number of nitrogens with one attached hydrogen (secondary N) is 1. The molecule has 1 amide bonds. The predicted octanol–water partition coefficient (Wildman–Crippen LogP) is 4.49. The number of halogens is 2. The Balaban J connectivity index is 1.41. The molecule has 1 N–H and O–H groups in total. The SMILES string of the molecule is Cc1cccc(C)c1N1C[C@@H]2N=NN(CC(=O)Nc3ccc(Cl)c(Cl)c3)[C@@H]2C1. The van der Waals surface area contributed by atoms with Gasteiger partial charge in [-0.05, 0) is 43.2 Å². The summed E-state index contributed by atoms with van der Waals surface area (Å²) in [5.74, 6) is -0.163. The maximum Gasteiger partial charge on any atom is 0.245 e. The fraction of sp³-hybridized carbons (Fsp3) is 0.350. The van der Waals surface area contributed by atoms with Gasteiger partial charge >= 0.3 is 0 Å². The van der Waals surface area contributed by atoms with Crippen LogP contribution in [0.4, 0.5) is 11.4 Å². The Hall–Kier alpha value is -2.31. The lowest BCUT2D eigenvalue weighted by molar-refractivity contribution is -0.117. The zero-order chi connectivity index (χ0) is 19.8. The van der Waals surface area contributed by atoms with Gasteiger partial charge in [0, 0.05) is 24.5 Å². The van der Waals surface area contributed by atoms with Gasteiger partial charge in [0.15, 0.2) is 0 Å². The highest BCUT2D eigenvalue weighted by Gasteiger charge is 2.42. The van der Waals surface area contributed by atoms with Crippen molar-refractivity contribution in [3.05, 3.63) is 57.6 Å². The van der Waals surface area contributed by atoms with Crippen molar-refractivity contribution >= 4 is 40.5 Å². The second-order valence-electron chi connectivity index (χ2n) is 7.26. The van der Waals surface area contributed by atoms with Gasteiger partial charge in [0.25, 0.3) is 0 Å². The molecule has 2 aliphatic heterocycles. The average molecular weight is 418 g/mol. The molecule has 28 heavy (non-hydrogen) atoms. The second kappa shape index (κ2) is 7.60. The van der Waals surface area contributed by atoms with Crippen LogP contribution in [-0.4, -0.2) is 42.6 Å². The highest BCUT2D eigenvalue weighted by molar-refractivity contribution is 6.42. The summed E-state index contributed by atoms with van der Waals surface area (Å²) in [6, 6.07) is 11.5. The first kappa shape index (κ1) is 19.0. The number of fused-ring (bicyclic) bond motifs is 1. The van der Waals surface area contributed by atoms with Crippen molar-refractivity contribution in [3.8, 4) is 0 Å². The van der Waals surface area contributed by atoms with Crippen molar-refractivity contribution in [1.82, 2.24) is 5.01 Å². The average Bonchev–Trinajstić information content (AvgIpc) is 3.20. The smallest absolute Gasteiger partial charge is 0.245 e. The quantitative estimate of drug-likeness (QED) is 0.796. The van der Waals surface area contributed by atoms with E-state index in [1.807, 2.05) is 0 Å². The van der Waals surface area contributed by atoms with Gasteiger partial charge in [-0.25, -0.2) is 0 Å². The molecule has 0 bridgehead atoms. The third-order valence-corrected chi connectivity index (χ3v) is 5.96. The zero-order valence-electron chi connectivity index (χ0n) is 15.7. The Labute approximate surface area is 174 Å². The Bertz CT molecular complexity index is 928. The maximum atomic E-state index is 12.5. The van der Waals surface area contributed by atoms with E-state index in [4.69, 9.17) is 23.2 Å². The van der Waals surface area contributed by atoms with Crippen molar-refractivity contribution in [2.75, 3.05) is 29.9 Å². The minimum Gasteiger partial charge on any atom is -0.367 e. The largest absolute Gasteiger partial charge is 0.367 e. The molecule has 1 saturated heterocycles. The van der Waals surface area contributed by atoms with Crippen molar-refractivity contribution in [3.63, 3.8) is 0 Å². The molecule has 0 unspecified atom stereocenters. The molecule has 2 heterocycles. The molecule has 2 atom stereocenters. The second-order valence-corrected chi connectivity index (χ2v) is 8.07. The molecule has 2 aromatic rings. The van der Waals surface area contributed by atoms with Gasteiger partial charge < -0.3 is 10.2 Å². The van der Waals surface area contributed by atoms with E-state index in [1.165, 1.54) is 16.8 Å². The summed E-state index contributed by atoms with van der Waals surface area (Å²) in [5.41, 5.74) is 4.37. The highest BCUT2D eigenvalue weighted by Crippen LogP contribution is 2.33. The molecule has 0 aromatic heterocycles. The number of amides is 1. The molecule has 6 nitrogen and oxygen atoms in total. The summed E-state index contributed by atoms with van der Waals surface area (Å²) in [7, 11) is 0. The summed E-state index contributed by atoms with van der Waals surface area (Å²) < 4.78 is 0. The van der Waals surface area contributed by atoms with E-state index in [1.54, 1.807) is 23.2 Å². The van der Waals surface area contributed by atoms with Crippen LogP contribution in [0, 0.1) is 13.8 Å². The normalized spacial score (nSPS) is 20.6. The molecule has 4 rings (SSSR count). The van der Waals surface area contributed by atoms with Gasteiger partial charge in [-0.2, -0.15) is 5.11 Å². The number of anilines is 2. The van der Waals surface area contributed by atoms with Crippen molar-refractivity contribution in [1.29, 1.82) is 0 Å². The van der Waals surface area contributed by atoms with Crippen LogP contribution in [0.15, 0.2) is 46.7 Å². The molecule has 0 radical (unpaired) electrons. The van der Waals surface area contributed by atoms with Gasteiger partial charge in [-0.1, -0.05) is 46.6 Å². The fourth-order valence-electron chi connectivity index (χ4n) is 3.93. The molecule has 0 spiro atoms. The number of hydrogen-bond acceptors (Lipinski definition) is 5. The fourth-order valence-corrected chi connectivity index (χ4v) is 4.23. The molecular formula is C20H21Cl2N5O. The van der Waals surface area contributed by atoms with Gasteiger partial charge in [0.2, 0.25) is 5.91 Å². The number of carbonyl (C=O) groups is 1. The van der Waals surface area contributed by atoms with Gasteiger partial charge in [-0.15, -0.1) is 0 Å². The van der Waals surface area contributed by atoms with Crippen LogP contribution in [0.3, 0.4) is 0 Å². The first-order valence-electron chi connectivity index (χ1n) is 9.16. The number of rotatable bonds is 4. The number of benzene rings is 2. The zero-order valence-corrected chi connectivity index (χ0v) is 17.2. The topological polar surface area (TPSA) is 60.3 Å². The Kier molecular flexibility index (Phi) is 5.17. The van der Waals surface area contributed by atoms with Crippen LogP contribution in [0.5, 0.6) is 0 Å². The molecule has 2 aromatic carbocycles. The summed E-state index contributed by atoms with van der Waals surface area (Å²) >= 11 is 11.9. The molecule has 0 aliphatic carbocycles. The van der Waals surface area contributed by atoms with Crippen LogP contribution in [0.25, 0.3) is 0 Å². The lowest BCUT2D eigenvalue weighted by atomic mass is 10.1. The molecule has 146 valence electrons. The van der Waals surface area contributed by atoms with Crippen molar-refractivity contribution in [2.24, 2.45) is 10.3 Å². The third-order valence-electron chi connectivity index (χ3n) is 5.22. The van der Waals surface area contributed by atoms with Crippen LogP contribution in [-0.2, 0) is 4.79 Å². The monoisotopic (exact) mass is 417 g/mol. The molecular weight excluding hydrogens is 397 g/mol. The van der Waals surface area contributed by atoms with Crippen LogP contribution >= 0.6 is 23.2 Å². The maximum absolute atomic E-state index is 12.5. The van der Waals surface area contributed by atoms with E-state index in [-0.39, 0.29) is 24.5 Å². The predicted molar refractivity (Wildman–Crippen MR) is 112 cm³/mol. The lowest BCUT2D eigenvalue weighted by Crippen LogP contribution is -2.39. The Morgan fingerprint density at radius 3 is 2.61 bits per heavy atom. The summed E-state index contributed by atoms with van der Waals surface area (Å²) in [6.45, 7) is 6.00. The number of aryl methyl sites for hydroxylation is 2. The summed E-state index contributed by atoms with van der Waals surface area (Å²) in [5, 5.41) is 14.1. The van der Waals surface area contributed by atoms with Crippen LogP contribution < -0.4 is 10.2 Å². The van der Waals surface area contributed by atoms with E-state index in [0.717, 1.165) is 13.1 Å². The molecule has 2 aliphatic rings. The van der Waals surface area contributed by atoms with Crippen LogP contribution in [0.2, 0.25) is 10.0 Å². The highest BCUT2D eigenvalue weighted by atomic mass is 35.5. The number of para-hydroxylation sites is 1. The van der Waals surface area contributed by atoms with E-state index < -0.39 is 0 Å². The third kappa shape index (κ3) is 3.66. The molecule has 0 saturated carbocycles. The summed E-state index contributed by atoms with van der Waals surface area (Å²) in [6.07, 6.45) is 0. The first-order valence-corrected chi connectivity index (χ1v) is 9.91. The van der Waals surface area contributed by atoms with E-state index in [0.29, 0.717) is 15.7 Å². The number of hydrogen-bond donors (Lipinski definition) is 1. The van der Waals surface area contributed by atoms with Gasteiger partial charge in [0.1, 0.15) is 12.6 Å². The molecule has 8 heteroatoms. The van der Waals surface area contributed by atoms with Gasteiger partial charge in [-0.3, -0.25) is 9.80 Å². The first-order chi connectivity index (χ1) is 13.4. The van der Waals surface area contributed by atoms with Gasteiger partial charge in [0.05, 0.1) is 16.1 Å². The van der Waals surface area contributed by atoms with E-state index >= 15 is 0 Å². The van der Waals surface area contributed by atoms with Crippen molar-refractivity contribution < 1.29 is 4.79 Å². The number of carbonyl (C=O) groups excluding carboxylic acids is 1. The minimum absolute atomic E-state index is 0.0804. The van der Waals surface area contributed by atoms with Crippen LogP contribution in [0.1, 0.15) is 11.1 Å². The Morgan fingerprint density at radius 1 is 1.14 bits per heavy atom. The van der Waals surface area contributed by atoms with Crippen molar-refractivity contribution in [2.45, 2.75) is 25.9 Å². The van der Waals surface area contributed by atoms with E-state index in [9.17, 15) is 4.79 Å². The standard InChI is InChI=1S/C20H21Cl2N5O/c1-12-4-3-5-13(2)20(12)26-9-17-18(10-26)27(25-24-17)11-19(28)23-14-6-7-15(21)16(22)8-14/h3-8,17-18H,9-11H2,1-2H3,(H,23,28)/t17-,18+/m0/s1. The Morgan fingerprint density at radius 2 is 1.89 bits per heavy atom. The lowest BCUT2D eigenvalue weighted by Gasteiger charge is -2.25. The van der Waals surface area contributed by atoms with E-state index in [2.05, 4.69) is 52.6 Å².